The molecule has 4 nitrogen and oxygen atoms in total. The van der Waals surface area contributed by atoms with Crippen molar-refractivity contribution in [3.8, 4) is 0 Å². The van der Waals surface area contributed by atoms with Crippen LogP contribution < -0.4 is 0 Å². The molecule has 0 saturated carbocycles. The molecule has 0 heterocycles. The highest BCUT2D eigenvalue weighted by Crippen LogP contribution is 2.06. The molecule has 1 unspecified atom stereocenters. The van der Waals surface area contributed by atoms with E-state index in [1.54, 1.807) is 13.8 Å². The maximum Gasteiger partial charge on any atom is 0.317 e. The molecule has 0 fully saturated rings. The molecule has 14 heavy (non-hydrogen) atoms. The number of carbonyl (C=O) groups is 2. The monoisotopic (exact) mass is 201 g/mol. The van der Waals surface area contributed by atoms with E-state index in [2.05, 4.69) is 0 Å². The van der Waals surface area contributed by atoms with Crippen LogP contribution in [0, 0.1) is 5.92 Å². The highest BCUT2D eigenvalue weighted by atomic mass is 16.5. The lowest BCUT2D eigenvalue weighted by molar-refractivity contribution is -0.152. The SMILES string of the molecule is CCOC(=O)C(CN(C)C)C(=O)CC. The van der Waals surface area contributed by atoms with E-state index in [1.165, 1.54) is 0 Å². The summed E-state index contributed by atoms with van der Waals surface area (Å²) in [7, 11) is 3.66. The van der Waals surface area contributed by atoms with Gasteiger partial charge < -0.3 is 9.64 Å². The number of carbonyl (C=O) groups excluding carboxylic acids is 2. The minimum atomic E-state index is -0.630. The fourth-order valence-electron chi connectivity index (χ4n) is 1.16. The van der Waals surface area contributed by atoms with Gasteiger partial charge in [-0.05, 0) is 21.0 Å². The van der Waals surface area contributed by atoms with E-state index in [9.17, 15) is 9.59 Å². The number of hydrogen-bond donors (Lipinski definition) is 0. The lowest BCUT2D eigenvalue weighted by Crippen LogP contribution is -2.35. The van der Waals surface area contributed by atoms with E-state index in [4.69, 9.17) is 4.74 Å². The predicted molar refractivity (Wildman–Crippen MR) is 54.0 cm³/mol. The molecule has 4 heteroatoms. The molecule has 0 aliphatic rings. The molecule has 0 amide bonds. The summed E-state index contributed by atoms with van der Waals surface area (Å²) in [5.74, 6) is -1.10. The third kappa shape index (κ3) is 4.37. The zero-order valence-electron chi connectivity index (χ0n) is 9.37. The van der Waals surface area contributed by atoms with Crippen molar-refractivity contribution in [2.45, 2.75) is 20.3 Å². The molecule has 0 aliphatic heterocycles. The van der Waals surface area contributed by atoms with Gasteiger partial charge in [0.05, 0.1) is 6.61 Å². The van der Waals surface area contributed by atoms with E-state index in [1.807, 2.05) is 19.0 Å². The molecule has 0 spiro atoms. The first-order valence-corrected chi connectivity index (χ1v) is 4.87. The van der Waals surface area contributed by atoms with Crippen LogP contribution >= 0.6 is 0 Å². The molecule has 0 aromatic rings. The Morgan fingerprint density at radius 2 is 1.86 bits per heavy atom. The number of Topliss-reactive ketones (excluding diaryl/α,β-unsaturated/α-hetero) is 1. The predicted octanol–water partition coefficient (Wildman–Crippen LogP) is 0.706. The van der Waals surface area contributed by atoms with Crippen LogP contribution in [0.25, 0.3) is 0 Å². The molecule has 0 aliphatic carbocycles. The fraction of sp³-hybridized carbons (Fsp3) is 0.800. The Hall–Kier alpha value is -0.900. The number of hydrogen-bond acceptors (Lipinski definition) is 4. The van der Waals surface area contributed by atoms with Gasteiger partial charge in [-0.3, -0.25) is 9.59 Å². The zero-order valence-corrected chi connectivity index (χ0v) is 9.37. The van der Waals surface area contributed by atoms with Gasteiger partial charge in [0.1, 0.15) is 11.7 Å². The van der Waals surface area contributed by atoms with E-state index in [-0.39, 0.29) is 5.78 Å². The van der Waals surface area contributed by atoms with Gasteiger partial charge in [0, 0.05) is 13.0 Å². The number of rotatable bonds is 6. The molecule has 0 bridgehead atoms. The standard InChI is InChI=1S/C10H19NO3/c1-5-9(12)8(7-11(3)4)10(13)14-6-2/h8H,5-7H2,1-4H3. The minimum absolute atomic E-state index is 0.0582. The van der Waals surface area contributed by atoms with Gasteiger partial charge in [0.25, 0.3) is 0 Å². The maximum absolute atomic E-state index is 11.4. The summed E-state index contributed by atoms with van der Waals surface area (Å²) in [6.07, 6.45) is 0.372. The lowest BCUT2D eigenvalue weighted by Gasteiger charge is -2.17. The average molecular weight is 201 g/mol. The van der Waals surface area contributed by atoms with Crippen molar-refractivity contribution in [3.63, 3.8) is 0 Å². The topological polar surface area (TPSA) is 46.6 Å². The Kier molecular flexibility index (Phi) is 6.12. The van der Waals surface area contributed by atoms with Crippen molar-refractivity contribution in [1.29, 1.82) is 0 Å². The first-order valence-electron chi connectivity index (χ1n) is 4.87. The van der Waals surface area contributed by atoms with Crippen molar-refractivity contribution in [2.75, 3.05) is 27.2 Å². The maximum atomic E-state index is 11.4. The van der Waals surface area contributed by atoms with Gasteiger partial charge in [0.15, 0.2) is 0 Å². The largest absolute Gasteiger partial charge is 0.465 e. The van der Waals surface area contributed by atoms with E-state index >= 15 is 0 Å². The minimum Gasteiger partial charge on any atom is -0.465 e. The van der Waals surface area contributed by atoms with Gasteiger partial charge in [-0.2, -0.15) is 0 Å². The summed E-state index contributed by atoms with van der Waals surface area (Å²) in [5.41, 5.74) is 0. The van der Waals surface area contributed by atoms with Gasteiger partial charge in [-0.25, -0.2) is 0 Å². The van der Waals surface area contributed by atoms with Crippen LogP contribution in [0.1, 0.15) is 20.3 Å². The zero-order chi connectivity index (χ0) is 11.1. The molecular formula is C10H19NO3. The molecule has 0 aromatic heterocycles. The second-order valence-corrected chi connectivity index (χ2v) is 3.39. The Labute approximate surface area is 85.2 Å². The molecule has 0 N–H and O–H groups in total. The van der Waals surface area contributed by atoms with Gasteiger partial charge >= 0.3 is 5.97 Å². The summed E-state index contributed by atoms with van der Waals surface area (Å²) >= 11 is 0. The van der Waals surface area contributed by atoms with Crippen LogP contribution in [0.15, 0.2) is 0 Å². The Morgan fingerprint density at radius 3 is 2.21 bits per heavy atom. The summed E-state index contributed by atoms with van der Waals surface area (Å²) < 4.78 is 4.84. The van der Waals surface area contributed by atoms with Crippen LogP contribution in [0.3, 0.4) is 0 Å². The second kappa shape index (κ2) is 6.54. The molecule has 0 saturated heterocycles. The van der Waals surface area contributed by atoms with E-state index in [0.717, 1.165) is 0 Å². The van der Waals surface area contributed by atoms with Crippen LogP contribution in [0.5, 0.6) is 0 Å². The molecule has 0 radical (unpaired) electrons. The van der Waals surface area contributed by atoms with Crippen LogP contribution in [-0.4, -0.2) is 43.9 Å². The summed E-state index contributed by atoms with van der Waals surface area (Å²) in [5, 5.41) is 0. The van der Waals surface area contributed by atoms with E-state index in [0.29, 0.717) is 19.6 Å². The van der Waals surface area contributed by atoms with Crippen molar-refractivity contribution >= 4 is 11.8 Å². The Balaban J connectivity index is 4.38. The Bertz CT molecular complexity index is 202. The average Bonchev–Trinajstić information content (AvgIpc) is 2.13. The van der Waals surface area contributed by atoms with Crippen LogP contribution in [0.2, 0.25) is 0 Å². The number of ether oxygens (including phenoxy) is 1. The smallest absolute Gasteiger partial charge is 0.317 e. The lowest BCUT2D eigenvalue weighted by atomic mass is 10.0. The molecule has 1 atom stereocenters. The van der Waals surface area contributed by atoms with Crippen molar-refractivity contribution in [3.05, 3.63) is 0 Å². The normalized spacial score (nSPS) is 12.6. The highest BCUT2D eigenvalue weighted by Gasteiger charge is 2.26. The third-order valence-electron chi connectivity index (χ3n) is 1.86. The summed E-state index contributed by atoms with van der Waals surface area (Å²) in [6.45, 7) is 4.23. The van der Waals surface area contributed by atoms with Crippen LogP contribution in [0.4, 0.5) is 0 Å². The van der Waals surface area contributed by atoms with Gasteiger partial charge in [-0.1, -0.05) is 6.92 Å². The number of nitrogens with zero attached hydrogens (tertiary/aromatic N) is 1. The number of esters is 1. The van der Waals surface area contributed by atoms with E-state index < -0.39 is 11.9 Å². The second-order valence-electron chi connectivity index (χ2n) is 3.39. The molecule has 0 aromatic carbocycles. The summed E-state index contributed by atoms with van der Waals surface area (Å²) in [4.78, 5) is 24.7. The quantitative estimate of drug-likeness (QED) is 0.469. The fourth-order valence-corrected chi connectivity index (χ4v) is 1.16. The third-order valence-corrected chi connectivity index (χ3v) is 1.86. The highest BCUT2D eigenvalue weighted by molar-refractivity contribution is 5.99. The first kappa shape index (κ1) is 13.1. The van der Waals surface area contributed by atoms with Crippen LogP contribution in [-0.2, 0) is 14.3 Å². The summed E-state index contributed by atoms with van der Waals surface area (Å²) in [6, 6.07) is 0. The van der Waals surface area contributed by atoms with Crippen molar-refractivity contribution < 1.29 is 14.3 Å². The molecular weight excluding hydrogens is 182 g/mol. The van der Waals surface area contributed by atoms with Gasteiger partial charge in [0.2, 0.25) is 0 Å². The van der Waals surface area contributed by atoms with Crippen molar-refractivity contribution in [1.82, 2.24) is 4.90 Å². The Morgan fingerprint density at radius 1 is 1.29 bits per heavy atom. The van der Waals surface area contributed by atoms with Crippen molar-refractivity contribution in [2.24, 2.45) is 5.92 Å². The van der Waals surface area contributed by atoms with Gasteiger partial charge in [-0.15, -0.1) is 0 Å². The molecule has 0 rings (SSSR count). The first-order chi connectivity index (χ1) is 6.52. The number of ketones is 1. The molecule has 82 valence electrons.